The minimum absolute atomic E-state index is 0.0536. The average Bonchev–Trinajstić information content (AvgIpc) is 3.19. The van der Waals surface area contributed by atoms with Gasteiger partial charge >= 0.3 is 17.9 Å². The van der Waals surface area contributed by atoms with E-state index >= 15 is 0 Å². The molecule has 0 heterocycles. The summed E-state index contributed by atoms with van der Waals surface area (Å²) in [5.74, 6) is -11.6. The maximum Gasteiger partial charge on any atom is 0.326 e. The van der Waals surface area contributed by atoms with Gasteiger partial charge in [0.2, 0.25) is 35.4 Å². The Bertz CT molecular complexity index is 1680. The zero-order valence-electron chi connectivity index (χ0n) is 33.2. The summed E-state index contributed by atoms with van der Waals surface area (Å²) in [6, 6.07) is -2.76. The fraction of sp³-hybridized carbons (Fsp3) is 0.556. The molecular formula is C36H56N10O14. The first-order valence-corrected chi connectivity index (χ1v) is 18.8. The van der Waals surface area contributed by atoms with Crippen LogP contribution in [-0.4, -0.2) is 147 Å². The molecule has 1 aromatic rings. The van der Waals surface area contributed by atoms with E-state index in [-0.39, 0.29) is 38.2 Å². The van der Waals surface area contributed by atoms with Gasteiger partial charge in [0.15, 0.2) is 5.96 Å². The van der Waals surface area contributed by atoms with Gasteiger partial charge < -0.3 is 74.6 Å². The van der Waals surface area contributed by atoms with Crippen molar-refractivity contribution in [2.24, 2.45) is 28.1 Å². The van der Waals surface area contributed by atoms with E-state index in [1.807, 2.05) is 5.32 Å². The monoisotopic (exact) mass is 852 g/mol. The number of rotatable bonds is 28. The van der Waals surface area contributed by atoms with Crippen molar-refractivity contribution >= 4 is 59.3 Å². The first-order chi connectivity index (χ1) is 28.2. The van der Waals surface area contributed by atoms with Crippen molar-refractivity contribution in [1.29, 1.82) is 0 Å². The van der Waals surface area contributed by atoms with Crippen LogP contribution in [0.2, 0.25) is 0 Å². The fourth-order valence-corrected chi connectivity index (χ4v) is 5.33. The third-order valence-electron chi connectivity index (χ3n) is 8.91. The predicted molar refractivity (Wildman–Crippen MR) is 210 cm³/mol. The van der Waals surface area contributed by atoms with Gasteiger partial charge in [-0.2, -0.15) is 0 Å². The van der Waals surface area contributed by atoms with Gasteiger partial charge in [-0.15, -0.1) is 0 Å². The molecule has 60 heavy (non-hydrogen) atoms. The van der Waals surface area contributed by atoms with Crippen molar-refractivity contribution < 1.29 is 68.7 Å². The second-order valence-electron chi connectivity index (χ2n) is 13.7. The molecule has 17 N–H and O–H groups in total. The molecule has 0 aliphatic rings. The zero-order chi connectivity index (χ0) is 45.5. The maximum absolute atomic E-state index is 14.0. The van der Waals surface area contributed by atoms with Crippen molar-refractivity contribution in [2.75, 3.05) is 19.8 Å². The Morgan fingerprint density at radius 1 is 0.650 bits per heavy atom. The summed E-state index contributed by atoms with van der Waals surface area (Å²) in [7, 11) is 0. The Morgan fingerprint density at radius 3 is 1.68 bits per heavy atom. The van der Waals surface area contributed by atoms with Crippen LogP contribution in [0, 0.1) is 5.92 Å². The number of aliphatic hydroxyl groups is 2. The van der Waals surface area contributed by atoms with Crippen molar-refractivity contribution in [3.63, 3.8) is 0 Å². The summed E-state index contributed by atoms with van der Waals surface area (Å²) in [4.78, 5) is 118. The number of carboxylic acid groups (broad SMARTS) is 3. The number of nitrogens with zero attached hydrogens (tertiary/aromatic N) is 1. The quantitative estimate of drug-likeness (QED) is 0.0213. The number of nitrogens with one attached hydrogen (secondary N) is 6. The minimum atomic E-state index is -1.93. The number of nitrogens with two attached hydrogens (primary N) is 3. The Morgan fingerprint density at radius 2 is 1.17 bits per heavy atom. The summed E-state index contributed by atoms with van der Waals surface area (Å²) in [6.45, 7) is 1.54. The average molecular weight is 853 g/mol. The summed E-state index contributed by atoms with van der Waals surface area (Å²) >= 11 is 0. The normalized spacial score (nSPS) is 14.8. The molecule has 0 aromatic heterocycles. The number of carbonyl (C=O) groups excluding carboxylic acids is 6. The van der Waals surface area contributed by atoms with E-state index in [2.05, 4.69) is 31.6 Å². The molecule has 0 aliphatic carbocycles. The molecule has 0 aliphatic heterocycles. The lowest BCUT2D eigenvalue weighted by Crippen LogP contribution is -2.61. The molecule has 0 radical (unpaired) electrons. The number of benzene rings is 1. The molecule has 24 heteroatoms. The second-order valence-corrected chi connectivity index (χ2v) is 13.7. The molecule has 1 rings (SSSR count). The number of aliphatic imine (C=N–C) groups is 1. The first kappa shape index (κ1) is 51.6. The van der Waals surface area contributed by atoms with Crippen LogP contribution in [0.3, 0.4) is 0 Å². The number of carbonyl (C=O) groups is 9. The van der Waals surface area contributed by atoms with Gasteiger partial charge in [0, 0.05) is 19.4 Å². The molecule has 0 saturated heterocycles. The molecular weight excluding hydrogens is 796 g/mol. The number of amides is 6. The number of hydrogen-bond acceptors (Lipinski definition) is 13. The molecule has 6 amide bonds. The molecule has 0 saturated carbocycles. The lowest BCUT2D eigenvalue weighted by atomic mass is 9.96. The van der Waals surface area contributed by atoms with Crippen LogP contribution in [0.4, 0.5) is 0 Å². The molecule has 0 unspecified atom stereocenters. The lowest BCUT2D eigenvalue weighted by molar-refractivity contribution is -0.147. The topological polar surface area (TPSA) is 417 Å². The Kier molecular flexibility index (Phi) is 22.9. The van der Waals surface area contributed by atoms with Gasteiger partial charge in [0.05, 0.1) is 19.6 Å². The van der Waals surface area contributed by atoms with Crippen molar-refractivity contribution in [3.8, 4) is 0 Å². The lowest BCUT2D eigenvalue weighted by Gasteiger charge is -2.29. The molecule has 0 bridgehead atoms. The Labute approximate surface area is 344 Å². The van der Waals surface area contributed by atoms with E-state index in [1.165, 1.54) is 0 Å². The van der Waals surface area contributed by atoms with E-state index in [4.69, 9.17) is 22.3 Å². The summed E-state index contributed by atoms with van der Waals surface area (Å²) in [5.41, 5.74) is 16.8. The number of aliphatic hydroxyl groups excluding tert-OH is 2. The third-order valence-corrected chi connectivity index (χ3v) is 8.91. The van der Waals surface area contributed by atoms with Crippen LogP contribution >= 0.6 is 0 Å². The number of hydrogen-bond donors (Lipinski definition) is 14. The highest BCUT2D eigenvalue weighted by atomic mass is 16.4. The van der Waals surface area contributed by atoms with Gasteiger partial charge in [-0.3, -0.25) is 43.3 Å². The van der Waals surface area contributed by atoms with Crippen molar-refractivity contribution in [3.05, 3.63) is 35.9 Å². The first-order valence-electron chi connectivity index (χ1n) is 18.8. The second kappa shape index (κ2) is 26.6. The summed E-state index contributed by atoms with van der Waals surface area (Å²) in [5, 5.41) is 61.1. The Balaban J connectivity index is 3.41. The smallest absolute Gasteiger partial charge is 0.326 e. The van der Waals surface area contributed by atoms with E-state index in [0.717, 1.165) is 0 Å². The highest BCUT2D eigenvalue weighted by molar-refractivity contribution is 5.97. The van der Waals surface area contributed by atoms with Crippen LogP contribution < -0.4 is 49.1 Å². The van der Waals surface area contributed by atoms with E-state index in [1.54, 1.807) is 44.2 Å². The van der Waals surface area contributed by atoms with Gasteiger partial charge in [-0.05, 0) is 30.7 Å². The third kappa shape index (κ3) is 18.9. The van der Waals surface area contributed by atoms with E-state index in [9.17, 15) is 63.6 Å². The molecule has 0 spiro atoms. The highest BCUT2D eigenvalue weighted by Crippen LogP contribution is 2.12. The SMILES string of the molecule is CC[C@H](C)[C@H](NC(=O)[C@H](Cc1ccccc1)NC(=O)[C@H](CO)NC(=O)[C@H](CCCN=C(N)N)NC(=O)[C@@H](N)CO)C(=O)N[C@@H](CCC(=O)O)C(=O)N[C@@H](CC(=O)O)C(=O)O. The number of carboxylic acids is 3. The minimum Gasteiger partial charge on any atom is -0.481 e. The van der Waals surface area contributed by atoms with Gasteiger partial charge in [-0.1, -0.05) is 50.6 Å². The number of aliphatic carboxylic acids is 3. The zero-order valence-corrected chi connectivity index (χ0v) is 33.2. The van der Waals surface area contributed by atoms with Crippen LogP contribution in [0.1, 0.15) is 57.9 Å². The fourth-order valence-electron chi connectivity index (χ4n) is 5.33. The number of guanidine groups is 1. The highest BCUT2D eigenvalue weighted by Gasteiger charge is 2.35. The van der Waals surface area contributed by atoms with Crippen LogP contribution in [-0.2, 0) is 49.6 Å². The van der Waals surface area contributed by atoms with Gasteiger partial charge in [0.1, 0.15) is 42.3 Å². The molecule has 334 valence electrons. The predicted octanol–water partition coefficient (Wildman–Crippen LogP) is -5.03. The van der Waals surface area contributed by atoms with E-state index in [0.29, 0.717) is 5.56 Å². The van der Waals surface area contributed by atoms with Crippen LogP contribution in [0.25, 0.3) is 0 Å². The standard InChI is InChI=1S/C36H56N10O14/c1-3-18(2)28(34(58)42-22(11-12-26(49)50)31(55)44-24(35(59)60)15-27(51)52)46-32(56)23(14-19-8-5-4-6-9-19)43-33(57)25(17-48)45-30(54)21(10-7-13-40-36(38)39)41-29(53)20(37)16-47/h4-6,8-9,18,20-25,28,47-48H,3,7,10-17,37H2,1-2H3,(H,41,53)(H,42,58)(H,43,57)(H,44,55)(H,45,54)(H,46,56)(H,49,50)(H,51,52)(H,59,60)(H4,38,39,40)/t18-,20-,21-,22-,23-,24-,25-,28-/m0/s1. The van der Waals surface area contributed by atoms with E-state index < -0.39 is 134 Å². The summed E-state index contributed by atoms with van der Waals surface area (Å²) < 4.78 is 0. The molecule has 24 nitrogen and oxygen atoms in total. The van der Waals surface area contributed by atoms with Gasteiger partial charge in [0.25, 0.3) is 0 Å². The molecule has 1 aromatic carbocycles. The van der Waals surface area contributed by atoms with Crippen molar-refractivity contribution in [1.82, 2.24) is 31.9 Å². The van der Waals surface area contributed by atoms with Gasteiger partial charge in [-0.25, -0.2) is 4.79 Å². The molecule has 8 atom stereocenters. The van der Waals surface area contributed by atoms with Crippen molar-refractivity contribution in [2.45, 2.75) is 101 Å². The Hall–Kier alpha value is -6.40. The maximum atomic E-state index is 14.0. The van der Waals surface area contributed by atoms with Crippen LogP contribution in [0.5, 0.6) is 0 Å². The largest absolute Gasteiger partial charge is 0.481 e. The van der Waals surface area contributed by atoms with Crippen LogP contribution in [0.15, 0.2) is 35.3 Å². The summed E-state index contributed by atoms with van der Waals surface area (Å²) in [6.07, 6.45) is -2.11. The molecule has 0 fully saturated rings.